The van der Waals surface area contributed by atoms with E-state index in [0.717, 1.165) is 49.5 Å². The number of primary amides is 2. The van der Waals surface area contributed by atoms with Crippen LogP contribution in [0, 0.1) is 11.8 Å². The lowest BCUT2D eigenvalue weighted by Crippen LogP contribution is -2.59. The van der Waals surface area contributed by atoms with Crippen LogP contribution in [0.4, 0.5) is 0 Å². The lowest BCUT2D eigenvalue weighted by molar-refractivity contribution is -0.142. The predicted molar refractivity (Wildman–Crippen MR) is 196 cm³/mol. The lowest BCUT2D eigenvalue weighted by atomic mass is 9.83. The van der Waals surface area contributed by atoms with Crippen molar-refractivity contribution < 1.29 is 43.5 Å². The molecular weight excluding hydrogens is 707 g/mol. The smallest absolute Gasteiger partial charge is 0.327 e. The number of carbonyl (C=O) groups excluding carboxylic acids is 7. The Kier molecular flexibility index (Phi) is 16.9. The number of hydrogen-bond donors (Lipinski definition) is 7. The van der Waals surface area contributed by atoms with E-state index >= 15 is 0 Å². The molecule has 2 fully saturated rings. The molecule has 2 aliphatic rings. The topological polar surface area (TPSA) is 260 Å². The average Bonchev–Trinajstić information content (AvgIpc) is 3.83. The number of nitrogens with one attached hydrogen (secondary N) is 4. The minimum Gasteiger partial charge on any atom is -0.478 e. The van der Waals surface area contributed by atoms with Crippen molar-refractivity contribution in [3.63, 3.8) is 0 Å². The second kappa shape index (κ2) is 21.0. The summed E-state index contributed by atoms with van der Waals surface area (Å²) < 4.78 is 0. The summed E-state index contributed by atoms with van der Waals surface area (Å²) in [6.45, 7) is 3.93. The van der Waals surface area contributed by atoms with Crippen LogP contribution in [-0.4, -0.2) is 94.1 Å². The van der Waals surface area contributed by atoms with Crippen LogP contribution >= 0.6 is 11.3 Å². The quantitative estimate of drug-likeness (QED) is 0.0938. The zero-order valence-corrected chi connectivity index (χ0v) is 31.2. The van der Waals surface area contributed by atoms with E-state index in [0.29, 0.717) is 11.3 Å². The first-order valence-electron chi connectivity index (χ1n) is 18.2. The lowest BCUT2D eigenvalue weighted by Gasteiger charge is -2.32. The van der Waals surface area contributed by atoms with E-state index in [9.17, 15) is 38.4 Å². The molecular formula is C36H53N7O9S. The van der Waals surface area contributed by atoms with E-state index in [1.807, 2.05) is 13.8 Å². The first kappa shape index (κ1) is 42.6. The molecule has 17 heteroatoms. The fourth-order valence-electron chi connectivity index (χ4n) is 6.79. The van der Waals surface area contributed by atoms with Crippen molar-refractivity contribution in [2.24, 2.45) is 23.3 Å². The summed E-state index contributed by atoms with van der Waals surface area (Å²) in [5.41, 5.74) is 11.1. The van der Waals surface area contributed by atoms with Gasteiger partial charge in [-0.1, -0.05) is 45.3 Å². The Bertz CT molecular complexity index is 1490. The number of aliphatic carboxylic acids is 1. The Morgan fingerprint density at radius 1 is 0.887 bits per heavy atom. The van der Waals surface area contributed by atoms with E-state index in [1.165, 1.54) is 11.0 Å². The van der Waals surface area contributed by atoms with Gasteiger partial charge < -0.3 is 42.7 Å². The van der Waals surface area contributed by atoms with E-state index in [4.69, 9.17) is 16.6 Å². The van der Waals surface area contributed by atoms with Gasteiger partial charge in [0.1, 0.15) is 30.2 Å². The van der Waals surface area contributed by atoms with Gasteiger partial charge in [-0.05, 0) is 74.6 Å². The number of rotatable bonds is 20. The Morgan fingerprint density at radius 2 is 1.58 bits per heavy atom. The summed E-state index contributed by atoms with van der Waals surface area (Å²) >= 11 is 1.15. The summed E-state index contributed by atoms with van der Waals surface area (Å²) in [6, 6.07) is -2.14. The standard InChI is InChI=1S/C36H53N7O9S/c1-21(2)20-25(33(49)42-30(31(38)47)22-10-4-3-5-11-22)41-34(50)26-13-8-18-43(26)36(52)24(16-17-28(37)44)40-32(48)23(12-6-7-15-29(45)46)39-35(51)27-14-9-19-53-27/h7,9,14-15,19,21-26,30H,3-6,8,10-13,16-18,20H2,1-2H3,(H2,37,44)(H2,38,47)(H,39,51)(H,40,48)(H,41,50)(H,42,49)(H,45,46)/t23?,24-,25-,26-,30-/m0/s1. The van der Waals surface area contributed by atoms with Gasteiger partial charge in [0.15, 0.2) is 0 Å². The van der Waals surface area contributed by atoms with Crippen molar-refractivity contribution in [2.75, 3.05) is 6.54 Å². The fourth-order valence-corrected chi connectivity index (χ4v) is 7.41. The van der Waals surface area contributed by atoms with Crippen molar-refractivity contribution in [1.82, 2.24) is 26.2 Å². The molecule has 0 radical (unpaired) electrons. The van der Waals surface area contributed by atoms with Crippen LogP contribution in [0.2, 0.25) is 0 Å². The molecule has 53 heavy (non-hydrogen) atoms. The van der Waals surface area contributed by atoms with Gasteiger partial charge in [-0.2, -0.15) is 0 Å². The predicted octanol–water partition coefficient (Wildman–Crippen LogP) is 1.09. The summed E-state index contributed by atoms with van der Waals surface area (Å²) in [7, 11) is 0. The van der Waals surface area contributed by atoms with E-state index in [2.05, 4.69) is 21.3 Å². The maximum Gasteiger partial charge on any atom is 0.327 e. The molecule has 1 aliphatic carbocycles. The highest BCUT2D eigenvalue weighted by atomic mass is 32.1. The number of nitrogens with two attached hydrogens (primary N) is 2. The molecule has 3 rings (SSSR count). The van der Waals surface area contributed by atoms with Crippen molar-refractivity contribution in [3.8, 4) is 0 Å². The molecule has 5 atom stereocenters. The van der Waals surface area contributed by atoms with Gasteiger partial charge in [-0.15, -0.1) is 11.3 Å². The third-order valence-corrected chi connectivity index (χ3v) is 10.3. The highest BCUT2D eigenvalue weighted by Gasteiger charge is 2.40. The number of hydrogen-bond acceptors (Lipinski definition) is 9. The second-order valence-electron chi connectivity index (χ2n) is 14.1. The number of thiophene rings is 1. The van der Waals surface area contributed by atoms with Crippen molar-refractivity contribution in [2.45, 2.75) is 121 Å². The van der Waals surface area contributed by atoms with Crippen molar-refractivity contribution >= 4 is 58.7 Å². The molecule has 1 saturated carbocycles. The van der Waals surface area contributed by atoms with Crippen LogP contribution in [0.3, 0.4) is 0 Å². The number of nitrogens with zero attached hydrogens (tertiary/aromatic N) is 1. The van der Waals surface area contributed by atoms with Gasteiger partial charge in [-0.25, -0.2) is 4.79 Å². The van der Waals surface area contributed by atoms with Gasteiger partial charge in [0.05, 0.1) is 4.88 Å². The van der Waals surface area contributed by atoms with E-state index in [1.54, 1.807) is 17.5 Å². The van der Waals surface area contributed by atoms with Crippen LogP contribution in [0.15, 0.2) is 29.7 Å². The van der Waals surface area contributed by atoms with E-state index in [-0.39, 0.29) is 56.9 Å². The summed E-state index contributed by atoms with van der Waals surface area (Å²) in [6.07, 6.45) is 7.27. The van der Waals surface area contributed by atoms with Crippen LogP contribution in [0.1, 0.15) is 101 Å². The maximum atomic E-state index is 14.1. The normalized spacial score (nSPS) is 18.5. The van der Waals surface area contributed by atoms with Crippen LogP contribution in [0.25, 0.3) is 0 Å². The summed E-state index contributed by atoms with van der Waals surface area (Å²) in [4.78, 5) is 105. The fraction of sp³-hybridized carbons (Fsp3) is 0.611. The molecule has 0 spiro atoms. The molecule has 7 amide bonds. The Hall–Kier alpha value is -4.80. The minimum atomic E-state index is -1.30. The largest absolute Gasteiger partial charge is 0.478 e. The van der Waals surface area contributed by atoms with Crippen LogP contribution < -0.4 is 32.7 Å². The molecule has 0 aromatic carbocycles. The van der Waals surface area contributed by atoms with Gasteiger partial charge in [0.2, 0.25) is 35.4 Å². The molecule has 1 unspecified atom stereocenters. The van der Waals surface area contributed by atoms with Gasteiger partial charge >= 0.3 is 5.97 Å². The molecule has 1 saturated heterocycles. The SMILES string of the molecule is CC(C)C[C@H](NC(=O)[C@@H]1CCCN1C(=O)[C@H](CCC(N)=O)NC(=O)C(CCC=CC(=O)O)NC(=O)c1cccs1)C(=O)N[C@H](C(N)=O)C1CCCCC1. The van der Waals surface area contributed by atoms with Crippen molar-refractivity contribution in [3.05, 3.63) is 34.5 Å². The molecule has 1 aromatic rings. The number of carbonyl (C=O) groups is 8. The van der Waals surface area contributed by atoms with Gasteiger partial charge in [-0.3, -0.25) is 33.6 Å². The Labute approximate surface area is 313 Å². The molecule has 292 valence electrons. The number of allylic oxidation sites excluding steroid dienone is 1. The zero-order valence-electron chi connectivity index (χ0n) is 30.3. The summed E-state index contributed by atoms with van der Waals surface area (Å²) in [5, 5.41) is 21.5. The minimum absolute atomic E-state index is 0.00509. The molecule has 16 nitrogen and oxygen atoms in total. The zero-order chi connectivity index (χ0) is 39.1. The Balaban J connectivity index is 1.78. The molecule has 9 N–H and O–H groups in total. The van der Waals surface area contributed by atoms with E-state index < -0.39 is 77.5 Å². The third kappa shape index (κ3) is 13.6. The number of carboxylic acid groups (broad SMARTS) is 1. The number of carboxylic acids is 1. The molecule has 1 aliphatic heterocycles. The average molecular weight is 760 g/mol. The first-order chi connectivity index (χ1) is 25.2. The second-order valence-corrected chi connectivity index (χ2v) is 15.0. The van der Waals surface area contributed by atoms with Crippen LogP contribution in [0.5, 0.6) is 0 Å². The first-order valence-corrected chi connectivity index (χ1v) is 19.1. The highest BCUT2D eigenvalue weighted by Crippen LogP contribution is 2.27. The van der Waals surface area contributed by atoms with Gasteiger partial charge in [0.25, 0.3) is 5.91 Å². The third-order valence-electron chi connectivity index (χ3n) is 9.45. The maximum absolute atomic E-state index is 14.1. The number of likely N-dealkylation sites (tertiary alicyclic amines) is 1. The monoisotopic (exact) mass is 759 g/mol. The Morgan fingerprint density at radius 3 is 2.19 bits per heavy atom. The highest BCUT2D eigenvalue weighted by molar-refractivity contribution is 7.12. The van der Waals surface area contributed by atoms with Crippen molar-refractivity contribution in [1.29, 1.82) is 0 Å². The molecule has 2 heterocycles. The molecule has 0 bridgehead atoms. The van der Waals surface area contributed by atoms with Crippen LogP contribution in [-0.2, 0) is 33.6 Å². The molecule has 1 aromatic heterocycles. The van der Waals surface area contributed by atoms with Gasteiger partial charge in [0, 0.05) is 19.0 Å². The number of amides is 7. The summed E-state index contributed by atoms with van der Waals surface area (Å²) in [5.74, 6) is -5.73.